The third kappa shape index (κ3) is 7.11. The maximum Gasteiger partial charge on any atom is 0.251 e. The van der Waals surface area contributed by atoms with E-state index in [9.17, 15) is 9.59 Å². The molecule has 0 aliphatic rings. The minimum Gasteiger partial charge on any atom is -0.493 e. The van der Waals surface area contributed by atoms with Crippen molar-refractivity contribution >= 4 is 11.8 Å². The van der Waals surface area contributed by atoms with Crippen LogP contribution in [-0.2, 0) is 24.3 Å². The van der Waals surface area contributed by atoms with Crippen molar-refractivity contribution in [2.24, 2.45) is 0 Å². The lowest BCUT2D eigenvalue weighted by Crippen LogP contribution is -2.37. The molecule has 34 heavy (non-hydrogen) atoms. The number of nitrogens with one attached hydrogen (secondary N) is 2. The molecule has 8 nitrogen and oxygen atoms in total. The molecule has 1 heterocycles. The smallest absolute Gasteiger partial charge is 0.251 e. The number of hydrogen-bond acceptors (Lipinski definition) is 6. The van der Waals surface area contributed by atoms with Crippen molar-refractivity contribution in [1.29, 1.82) is 0 Å². The van der Waals surface area contributed by atoms with Gasteiger partial charge in [0.15, 0.2) is 11.5 Å². The predicted molar refractivity (Wildman–Crippen MR) is 129 cm³/mol. The lowest BCUT2D eigenvalue weighted by Gasteiger charge is -2.21. The van der Waals surface area contributed by atoms with Gasteiger partial charge in [-0.3, -0.25) is 14.5 Å². The first-order chi connectivity index (χ1) is 16.5. The quantitative estimate of drug-likeness (QED) is 0.427. The number of benzene rings is 2. The minimum absolute atomic E-state index is 0.0750. The van der Waals surface area contributed by atoms with Gasteiger partial charge in [0.05, 0.1) is 33.6 Å². The second-order valence-corrected chi connectivity index (χ2v) is 7.79. The molecule has 0 fully saturated rings. The molecule has 0 spiro atoms. The van der Waals surface area contributed by atoms with Gasteiger partial charge in [-0.05, 0) is 53.9 Å². The largest absolute Gasteiger partial charge is 0.493 e. The van der Waals surface area contributed by atoms with Crippen molar-refractivity contribution in [1.82, 2.24) is 15.5 Å². The van der Waals surface area contributed by atoms with Crippen molar-refractivity contribution in [3.8, 4) is 11.5 Å². The summed E-state index contributed by atoms with van der Waals surface area (Å²) >= 11 is 0. The second kappa shape index (κ2) is 12.5. The van der Waals surface area contributed by atoms with Crippen LogP contribution in [0.15, 0.2) is 65.3 Å². The Balaban J connectivity index is 1.57. The van der Waals surface area contributed by atoms with E-state index in [0.717, 1.165) is 16.9 Å². The Morgan fingerprint density at radius 3 is 2.32 bits per heavy atom. The fourth-order valence-electron chi connectivity index (χ4n) is 3.60. The monoisotopic (exact) mass is 465 g/mol. The number of carbonyl (C=O) groups excluding carboxylic acids is 2. The van der Waals surface area contributed by atoms with Crippen LogP contribution in [-0.4, -0.2) is 51.1 Å². The van der Waals surface area contributed by atoms with Crippen LogP contribution in [0.2, 0.25) is 0 Å². The molecule has 1 aromatic heterocycles. The zero-order valence-corrected chi connectivity index (χ0v) is 19.8. The molecular weight excluding hydrogens is 434 g/mol. The summed E-state index contributed by atoms with van der Waals surface area (Å²) < 4.78 is 16.1. The first-order valence-corrected chi connectivity index (χ1v) is 11.1. The molecule has 0 aliphatic carbocycles. The summed E-state index contributed by atoms with van der Waals surface area (Å²) in [5.74, 6) is 1.91. The molecule has 0 bridgehead atoms. The zero-order chi connectivity index (χ0) is 24.3. The number of methoxy groups -OCH3 is 2. The van der Waals surface area contributed by atoms with Gasteiger partial charge in [-0.15, -0.1) is 0 Å². The second-order valence-electron chi connectivity index (χ2n) is 7.79. The SMILES string of the molecule is CNC(=O)c1ccc(CN(CC(=O)NCCc2ccc(OC)c(OC)c2)Cc2ccco2)cc1. The van der Waals surface area contributed by atoms with Gasteiger partial charge in [0.1, 0.15) is 5.76 Å². The van der Waals surface area contributed by atoms with Crippen molar-refractivity contribution in [3.63, 3.8) is 0 Å². The molecule has 180 valence electrons. The van der Waals surface area contributed by atoms with Gasteiger partial charge in [0.25, 0.3) is 5.91 Å². The van der Waals surface area contributed by atoms with Crippen molar-refractivity contribution in [3.05, 3.63) is 83.3 Å². The van der Waals surface area contributed by atoms with Crippen LogP contribution in [0, 0.1) is 0 Å². The molecule has 2 aromatic carbocycles. The fraction of sp³-hybridized carbons (Fsp3) is 0.308. The summed E-state index contributed by atoms with van der Waals surface area (Å²) in [6, 6.07) is 16.8. The van der Waals surface area contributed by atoms with Gasteiger partial charge in [-0.25, -0.2) is 0 Å². The Labute approximate surface area is 199 Å². The number of carbonyl (C=O) groups is 2. The molecule has 0 radical (unpaired) electrons. The van der Waals surface area contributed by atoms with Crippen LogP contribution in [0.5, 0.6) is 11.5 Å². The number of amides is 2. The normalized spacial score (nSPS) is 10.7. The first-order valence-electron chi connectivity index (χ1n) is 11.1. The van der Waals surface area contributed by atoms with Gasteiger partial charge in [0.2, 0.25) is 5.91 Å². The molecule has 8 heteroatoms. The van der Waals surface area contributed by atoms with Gasteiger partial charge in [-0.1, -0.05) is 18.2 Å². The molecule has 0 aliphatic heterocycles. The number of furan rings is 1. The number of rotatable bonds is 12. The molecule has 2 N–H and O–H groups in total. The van der Waals surface area contributed by atoms with Gasteiger partial charge in [-0.2, -0.15) is 0 Å². The summed E-state index contributed by atoms with van der Waals surface area (Å²) in [5.41, 5.74) is 2.63. The number of hydrogen-bond donors (Lipinski definition) is 2. The average molecular weight is 466 g/mol. The fourth-order valence-corrected chi connectivity index (χ4v) is 3.60. The van der Waals surface area contributed by atoms with E-state index in [4.69, 9.17) is 13.9 Å². The Morgan fingerprint density at radius 1 is 0.941 bits per heavy atom. The molecule has 0 atom stereocenters. The van der Waals surface area contributed by atoms with E-state index in [-0.39, 0.29) is 18.4 Å². The van der Waals surface area contributed by atoms with Crippen LogP contribution >= 0.6 is 0 Å². The lowest BCUT2D eigenvalue weighted by atomic mass is 10.1. The topological polar surface area (TPSA) is 93.0 Å². The molecule has 0 unspecified atom stereocenters. The minimum atomic E-state index is -0.132. The van der Waals surface area contributed by atoms with Crippen molar-refractivity contribution < 1.29 is 23.5 Å². The van der Waals surface area contributed by atoms with Gasteiger partial charge < -0.3 is 24.5 Å². The van der Waals surface area contributed by atoms with Crippen LogP contribution in [0.3, 0.4) is 0 Å². The molecule has 0 saturated heterocycles. The summed E-state index contributed by atoms with van der Waals surface area (Å²) in [7, 11) is 4.80. The molecular formula is C26H31N3O5. The highest BCUT2D eigenvalue weighted by Crippen LogP contribution is 2.27. The predicted octanol–water partition coefficient (Wildman–Crippen LogP) is 3.02. The van der Waals surface area contributed by atoms with Gasteiger partial charge in [0, 0.05) is 25.7 Å². The van der Waals surface area contributed by atoms with E-state index in [0.29, 0.717) is 43.1 Å². The molecule has 3 aromatic rings. The van der Waals surface area contributed by atoms with E-state index >= 15 is 0 Å². The Bertz CT molecular complexity index is 1060. The zero-order valence-electron chi connectivity index (χ0n) is 19.8. The van der Waals surface area contributed by atoms with Crippen LogP contribution < -0.4 is 20.1 Å². The summed E-state index contributed by atoms with van der Waals surface area (Å²) in [6.07, 6.45) is 2.29. The number of nitrogens with zero attached hydrogens (tertiary/aromatic N) is 1. The number of ether oxygens (including phenoxy) is 2. The van der Waals surface area contributed by atoms with E-state index in [1.807, 2.05) is 47.4 Å². The van der Waals surface area contributed by atoms with Gasteiger partial charge >= 0.3 is 0 Å². The van der Waals surface area contributed by atoms with Crippen LogP contribution in [0.4, 0.5) is 0 Å². The van der Waals surface area contributed by atoms with E-state index in [1.165, 1.54) is 0 Å². The average Bonchev–Trinajstić information content (AvgIpc) is 3.36. The van der Waals surface area contributed by atoms with Crippen LogP contribution in [0.1, 0.15) is 27.2 Å². The maximum absolute atomic E-state index is 12.7. The van der Waals surface area contributed by atoms with E-state index < -0.39 is 0 Å². The Morgan fingerprint density at radius 2 is 1.68 bits per heavy atom. The third-order valence-corrected chi connectivity index (χ3v) is 5.36. The molecule has 3 rings (SSSR count). The maximum atomic E-state index is 12.7. The summed E-state index contributed by atoms with van der Waals surface area (Å²) in [6.45, 7) is 1.75. The van der Waals surface area contributed by atoms with Crippen molar-refractivity contribution in [2.45, 2.75) is 19.5 Å². The van der Waals surface area contributed by atoms with Crippen molar-refractivity contribution in [2.75, 3.05) is 34.4 Å². The Hall–Kier alpha value is -3.78. The standard InChI is InChI=1S/C26H31N3O5/c1-27-26(31)21-9-6-20(7-10-21)16-29(17-22-5-4-14-34-22)18-25(30)28-13-12-19-8-11-23(32-2)24(15-19)33-3/h4-11,14-15H,12-13,16-18H2,1-3H3,(H,27,31)(H,28,30). The highest BCUT2D eigenvalue weighted by molar-refractivity contribution is 5.93. The third-order valence-electron chi connectivity index (χ3n) is 5.36. The Kier molecular flexibility index (Phi) is 9.11. The summed E-state index contributed by atoms with van der Waals surface area (Å²) in [5, 5.41) is 5.60. The highest BCUT2D eigenvalue weighted by Gasteiger charge is 2.14. The van der Waals surface area contributed by atoms with Crippen LogP contribution in [0.25, 0.3) is 0 Å². The molecule has 2 amide bonds. The highest BCUT2D eigenvalue weighted by atomic mass is 16.5. The van der Waals surface area contributed by atoms with E-state index in [1.54, 1.807) is 39.7 Å². The molecule has 0 saturated carbocycles. The first kappa shape index (κ1) is 24.9. The lowest BCUT2D eigenvalue weighted by molar-refractivity contribution is -0.122. The van der Waals surface area contributed by atoms with E-state index in [2.05, 4.69) is 10.6 Å². The summed E-state index contributed by atoms with van der Waals surface area (Å²) in [4.78, 5) is 26.5.